The minimum Gasteiger partial charge on any atom is -0.444 e. The Bertz CT molecular complexity index is 844. The lowest BCUT2D eigenvalue weighted by atomic mass is 10.2. The molecule has 1 aromatic carbocycles. The molecule has 2 N–H and O–H groups in total. The van der Waals surface area contributed by atoms with Gasteiger partial charge >= 0.3 is 6.09 Å². The second-order valence-electron chi connectivity index (χ2n) is 8.38. The zero-order chi connectivity index (χ0) is 19.0. The number of alkyl carbamates (subject to hydrolysis) is 1. The van der Waals surface area contributed by atoms with E-state index in [1.165, 1.54) is 12.8 Å². The summed E-state index contributed by atoms with van der Waals surface area (Å²) in [6, 6.07) is 8.47. The first kappa shape index (κ1) is 17.8. The van der Waals surface area contributed by atoms with Crippen LogP contribution in [0.4, 0.5) is 16.4 Å². The van der Waals surface area contributed by atoms with Gasteiger partial charge in [0.05, 0.1) is 17.1 Å². The summed E-state index contributed by atoms with van der Waals surface area (Å²) in [5.74, 6) is 1.71. The van der Waals surface area contributed by atoms with Crippen molar-refractivity contribution in [2.24, 2.45) is 0 Å². The number of fused-ring (bicyclic) bond motifs is 1. The van der Waals surface area contributed by atoms with Gasteiger partial charge in [-0.2, -0.15) is 0 Å². The molecule has 1 aromatic heterocycles. The topological polar surface area (TPSA) is 79.4 Å². The van der Waals surface area contributed by atoms with Crippen molar-refractivity contribution >= 4 is 28.8 Å². The van der Waals surface area contributed by atoms with E-state index in [-0.39, 0.29) is 12.1 Å². The Morgan fingerprint density at radius 2 is 1.81 bits per heavy atom. The maximum Gasteiger partial charge on any atom is 0.407 e. The average molecular weight is 369 g/mol. The third-order valence-corrected chi connectivity index (χ3v) is 4.68. The summed E-state index contributed by atoms with van der Waals surface area (Å²) in [6.07, 6.45) is 2.85. The van der Waals surface area contributed by atoms with Crippen LogP contribution in [0.3, 0.4) is 0 Å². The molecule has 1 aliphatic carbocycles. The molecule has 0 bridgehead atoms. The Morgan fingerprint density at radius 1 is 1.11 bits per heavy atom. The number of nitrogens with zero attached hydrogens (tertiary/aromatic N) is 3. The standard InChI is InChI=1S/C20H27N5O2/c1-20(2,3)27-19(26)22-14-10-11-25(12-14)18-17(21-13-8-9-13)23-15-6-4-5-7-16(15)24-18/h4-7,13-14H,8-12H2,1-3H3,(H,21,23)(H,22,26)/t14-/m0/s1. The molecule has 144 valence electrons. The molecule has 1 atom stereocenters. The molecule has 27 heavy (non-hydrogen) atoms. The smallest absolute Gasteiger partial charge is 0.407 e. The molecular formula is C20H27N5O2. The fourth-order valence-corrected chi connectivity index (χ4v) is 3.27. The van der Waals surface area contributed by atoms with Crippen molar-refractivity contribution in [3.05, 3.63) is 24.3 Å². The van der Waals surface area contributed by atoms with Crippen LogP contribution in [0.25, 0.3) is 11.0 Å². The van der Waals surface area contributed by atoms with Gasteiger partial charge in [0.1, 0.15) is 5.60 Å². The second-order valence-corrected chi connectivity index (χ2v) is 8.38. The molecule has 2 aliphatic rings. The predicted octanol–water partition coefficient (Wildman–Crippen LogP) is 3.31. The van der Waals surface area contributed by atoms with Crippen molar-refractivity contribution in [3.63, 3.8) is 0 Å². The van der Waals surface area contributed by atoms with Crippen LogP contribution in [-0.4, -0.2) is 46.8 Å². The van der Waals surface area contributed by atoms with E-state index in [9.17, 15) is 4.79 Å². The summed E-state index contributed by atoms with van der Waals surface area (Å²) in [6.45, 7) is 7.13. The van der Waals surface area contributed by atoms with E-state index < -0.39 is 5.60 Å². The summed E-state index contributed by atoms with van der Waals surface area (Å²) in [7, 11) is 0. The number of carbonyl (C=O) groups is 1. The highest BCUT2D eigenvalue weighted by Crippen LogP contribution is 2.32. The molecule has 0 unspecified atom stereocenters. The number of ether oxygens (including phenoxy) is 1. The number of aromatic nitrogens is 2. The van der Waals surface area contributed by atoms with E-state index in [2.05, 4.69) is 15.5 Å². The van der Waals surface area contributed by atoms with Crippen molar-refractivity contribution in [2.45, 2.75) is 57.7 Å². The first-order valence-corrected chi connectivity index (χ1v) is 9.65. The van der Waals surface area contributed by atoms with Gasteiger partial charge in [-0.3, -0.25) is 0 Å². The lowest BCUT2D eigenvalue weighted by Crippen LogP contribution is -2.40. The van der Waals surface area contributed by atoms with Gasteiger partial charge in [0.25, 0.3) is 0 Å². The fraction of sp³-hybridized carbons (Fsp3) is 0.550. The molecule has 0 spiro atoms. The quantitative estimate of drug-likeness (QED) is 0.861. The number of carbonyl (C=O) groups excluding carboxylic acids is 1. The molecule has 2 heterocycles. The first-order valence-electron chi connectivity index (χ1n) is 9.65. The first-order chi connectivity index (χ1) is 12.9. The van der Waals surface area contributed by atoms with Crippen LogP contribution in [0, 0.1) is 0 Å². The number of hydrogen-bond donors (Lipinski definition) is 2. The van der Waals surface area contributed by atoms with Gasteiger partial charge in [0.2, 0.25) is 0 Å². The Kier molecular flexibility index (Phi) is 4.53. The van der Waals surface area contributed by atoms with E-state index in [0.29, 0.717) is 12.6 Å². The molecule has 0 radical (unpaired) electrons. The summed E-state index contributed by atoms with van der Waals surface area (Å²) >= 11 is 0. The average Bonchev–Trinajstić information content (AvgIpc) is 3.29. The molecule has 1 saturated carbocycles. The molecular weight excluding hydrogens is 342 g/mol. The van der Waals surface area contributed by atoms with Crippen LogP contribution in [0.15, 0.2) is 24.3 Å². The Labute approximate surface area is 159 Å². The lowest BCUT2D eigenvalue weighted by molar-refractivity contribution is 0.0509. The zero-order valence-corrected chi connectivity index (χ0v) is 16.2. The van der Waals surface area contributed by atoms with E-state index in [0.717, 1.165) is 35.6 Å². The number of nitrogens with one attached hydrogen (secondary N) is 2. The summed E-state index contributed by atoms with van der Waals surface area (Å²) in [5, 5.41) is 6.49. The number of amides is 1. The summed E-state index contributed by atoms with van der Waals surface area (Å²) < 4.78 is 5.37. The number of anilines is 2. The SMILES string of the molecule is CC(C)(C)OC(=O)N[C@H]1CCN(c2nc3ccccc3nc2NC2CC2)C1. The lowest BCUT2D eigenvalue weighted by Gasteiger charge is -2.23. The number of hydrogen-bond acceptors (Lipinski definition) is 6. The molecule has 7 nitrogen and oxygen atoms in total. The van der Waals surface area contributed by atoms with Gasteiger partial charge in [-0.05, 0) is 52.2 Å². The van der Waals surface area contributed by atoms with Gasteiger partial charge in [0.15, 0.2) is 11.6 Å². The zero-order valence-electron chi connectivity index (χ0n) is 16.2. The van der Waals surface area contributed by atoms with Crippen LogP contribution >= 0.6 is 0 Å². The third-order valence-electron chi connectivity index (χ3n) is 4.68. The molecule has 7 heteroatoms. The highest BCUT2D eigenvalue weighted by molar-refractivity contribution is 5.81. The van der Waals surface area contributed by atoms with E-state index in [1.807, 2.05) is 45.0 Å². The van der Waals surface area contributed by atoms with Crippen molar-refractivity contribution < 1.29 is 9.53 Å². The fourth-order valence-electron chi connectivity index (χ4n) is 3.27. The van der Waals surface area contributed by atoms with Crippen LogP contribution in [0.5, 0.6) is 0 Å². The van der Waals surface area contributed by atoms with Gasteiger partial charge in [-0.15, -0.1) is 0 Å². The molecule has 1 amide bonds. The highest BCUT2D eigenvalue weighted by atomic mass is 16.6. The summed E-state index contributed by atoms with van der Waals surface area (Å²) in [5.41, 5.74) is 1.29. The van der Waals surface area contributed by atoms with Crippen LogP contribution in [0.1, 0.15) is 40.0 Å². The van der Waals surface area contributed by atoms with Gasteiger partial charge in [-0.1, -0.05) is 12.1 Å². The Morgan fingerprint density at radius 3 is 2.48 bits per heavy atom. The maximum atomic E-state index is 12.1. The monoisotopic (exact) mass is 369 g/mol. The minimum atomic E-state index is -0.493. The highest BCUT2D eigenvalue weighted by Gasteiger charge is 2.30. The largest absolute Gasteiger partial charge is 0.444 e. The number of para-hydroxylation sites is 2. The molecule has 2 aromatic rings. The van der Waals surface area contributed by atoms with Crippen molar-refractivity contribution in [2.75, 3.05) is 23.3 Å². The third kappa shape index (κ3) is 4.40. The molecule has 1 aliphatic heterocycles. The van der Waals surface area contributed by atoms with E-state index in [1.54, 1.807) is 0 Å². The normalized spacial score (nSPS) is 20.0. The van der Waals surface area contributed by atoms with E-state index in [4.69, 9.17) is 14.7 Å². The van der Waals surface area contributed by atoms with E-state index >= 15 is 0 Å². The minimum absolute atomic E-state index is 0.0434. The molecule has 1 saturated heterocycles. The molecule has 2 fully saturated rings. The maximum absolute atomic E-state index is 12.1. The van der Waals surface area contributed by atoms with Crippen molar-refractivity contribution in [1.82, 2.24) is 15.3 Å². The van der Waals surface area contributed by atoms with Gasteiger partial charge in [0, 0.05) is 19.1 Å². The Balaban J connectivity index is 1.51. The van der Waals surface area contributed by atoms with Gasteiger partial charge < -0.3 is 20.3 Å². The Hall–Kier alpha value is -2.57. The van der Waals surface area contributed by atoms with Crippen LogP contribution in [0.2, 0.25) is 0 Å². The van der Waals surface area contributed by atoms with Crippen LogP contribution in [-0.2, 0) is 4.74 Å². The summed E-state index contributed by atoms with van der Waals surface area (Å²) in [4.78, 5) is 23.9. The van der Waals surface area contributed by atoms with Crippen LogP contribution < -0.4 is 15.5 Å². The van der Waals surface area contributed by atoms with Gasteiger partial charge in [-0.25, -0.2) is 14.8 Å². The number of benzene rings is 1. The van der Waals surface area contributed by atoms with Crippen molar-refractivity contribution in [1.29, 1.82) is 0 Å². The second kappa shape index (κ2) is 6.87. The van der Waals surface area contributed by atoms with Crippen molar-refractivity contribution in [3.8, 4) is 0 Å². The predicted molar refractivity (Wildman–Crippen MR) is 106 cm³/mol. The number of rotatable bonds is 4. The molecule has 4 rings (SSSR count).